The summed E-state index contributed by atoms with van der Waals surface area (Å²) in [5.74, 6) is 1.07. The summed E-state index contributed by atoms with van der Waals surface area (Å²) in [4.78, 5) is 11.5. The molecule has 0 aliphatic heterocycles. The first-order chi connectivity index (χ1) is 10.1. The molecule has 0 bridgehead atoms. The van der Waals surface area contributed by atoms with E-state index >= 15 is 0 Å². The number of hydrogen-bond acceptors (Lipinski definition) is 3. The third-order valence-corrected chi connectivity index (χ3v) is 3.63. The molecule has 0 saturated heterocycles. The van der Waals surface area contributed by atoms with Gasteiger partial charge in [0, 0.05) is 23.3 Å². The molecule has 0 aromatic heterocycles. The monoisotopic (exact) mass is 305 g/mol. The minimum atomic E-state index is -0.206. The average molecular weight is 305 g/mol. The summed E-state index contributed by atoms with van der Waals surface area (Å²) in [6.07, 6.45) is 0. The van der Waals surface area contributed by atoms with Crippen molar-refractivity contribution < 1.29 is 13.9 Å². The molecule has 0 aliphatic rings. The smallest absolute Gasteiger partial charge is 0.221 e. The minimum Gasteiger partial charge on any atom is -0.493 e. The fourth-order valence-corrected chi connectivity index (χ4v) is 2.48. The van der Waals surface area contributed by atoms with E-state index in [-0.39, 0.29) is 11.7 Å². The van der Waals surface area contributed by atoms with Gasteiger partial charge in [-0.15, -0.1) is 11.8 Å². The first kappa shape index (κ1) is 15.4. The maximum Gasteiger partial charge on any atom is 0.221 e. The lowest BCUT2D eigenvalue weighted by molar-refractivity contribution is -0.114. The Kier molecular flexibility index (Phi) is 5.63. The first-order valence-corrected chi connectivity index (χ1v) is 7.51. The quantitative estimate of drug-likeness (QED) is 0.648. The lowest BCUT2D eigenvalue weighted by atomic mass is 10.3. The highest BCUT2D eigenvalue weighted by molar-refractivity contribution is 7.99. The molecular weight excluding hydrogens is 289 g/mol. The van der Waals surface area contributed by atoms with Crippen LogP contribution in [0, 0.1) is 5.82 Å². The van der Waals surface area contributed by atoms with Crippen molar-refractivity contribution in [3.8, 4) is 5.75 Å². The second kappa shape index (κ2) is 7.69. The molecule has 2 aromatic rings. The molecule has 21 heavy (non-hydrogen) atoms. The van der Waals surface area contributed by atoms with Gasteiger partial charge in [-0.1, -0.05) is 12.1 Å². The van der Waals surface area contributed by atoms with Crippen LogP contribution < -0.4 is 10.1 Å². The number of anilines is 1. The van der Waals surface area contributed by atoms with Crippen LogP contribution in [0.25, 0.3) is 0 Å². The number of ether oxygens (including phenoxy) is 1. The van der Waals surface area contributed by atoms with Crippen molar-refractivity contribution in [3.63, 3.8) is 0 Å². The Bertz CT molecular complexity index is 601. The van der Waals surface area contributed by atoms with Crippen LogP contribution in [0.2, 0.25) is 0 Å². The van der Waals surface area contributed by atoms with Crippen molar-refractivity contribution >= 4 is 23.4 Å². The third kappa shape index (κ3) is 5.11. The number of halogens is 1. The molecule has 110 valence electrons. The molecule has 2 aromatic carbocycles. The second-order valence-electron chi connectivity index (χ2n) is 4.33. The maximum atomic E-state index is 13.4. The predicted molar refractivity (Wildman–Crippen MR) is 83.4 cm³/mol. The Labute approximate surface area is 127 Å². The molecule has 0 atom stereocenters. The van der Waals surface area contributed by atoms with Crippen molar-refractivity contribution in [3.05, 3.63) is 54.3 Å². The van der Waals surface area contributed by atoms with Crippen LogP contribution in [-0.2, 0) is 4.79 Å². The summed E-state index contributed by atoms with van der Waals surface area (Å²) >= 11 is 1.42. The van der Waals surface area contributed by atoms with Gasteiger partial charge in [-0.05, 0) is 36.4 Å². The van der Waals surface area contributed by atoms with Gasteiger partial charge in [0.2, 0.25) is 5.91 Å². The highest BCUT2D eigenvalue weighted by atomic mass is 32.2. The number of thioether (sulfide) groups is 1. The molecule has 2 rings (SSSR count). The molecule has 0 spiro atoms. The summed E-state index contributed by atoms with van der Waals surface area (Å²) in [5, 5.41) is 2.69. The number of carbonyl (C=O) groups is 1. The molecule has 0 saturated carbocycles. The Balaban J connectivity index is 1.76. The van der Waals surface area contributed by atoms with Crippen molar-refractivity contribution in [1.29, 1.82) is 0 Å². The zero-order chi connectivity index (χ0) is 15.1. The summed E-state index contributed by atoms with van der Waals surface area (Å²) in [6, 6.07) is 13.8. The lowest BCUT2D eigenvalue weighted by Crippen LogP contribution is -2.05. The Morgan fingerprint density at radius 3 is 2.57 bits per heavy atom. The number of hydrogen-bond donors (Lipinski definition) is 1. The van der Waals surface area contributed by atoms with E-state index in [0.29, 0.717) is 17.3 Å². The van der Waals surface area contributed by atoms with Crippen LogP contribution >= 0.6 is 11.8 Å². The van der Waals surface area contributed by atoms with E-state index in [1.165, 1.54) is 24.8 Å². The van der Waals surface area contributed by atoms with E-state index in [1.54, 1.807) is 36.4 Å². The Morgan fingerprint density at radius 2 is 1.90 bits per heavy atom. The summed E-state index contributed by atoms with van der Waals surface area (Å²) in [6.45, 7) is 1.95. The fourth-order valence-electron chi connectivity index (χ4n) is 1.71. The highest BCUT2D eigenvalue weighted by Gasteiger charge is 2.01. The van der Waals surface area contributed by atoms with Crippen LogP contribution in [0.5, 0.6) is 5.75 Å². The Hall–Kier alpha value is -2.01. The molecule has 0 unspecified atom stereocenters. The van der Waals surface area contributed by atoms with Gasteiger partial charge in [0.1, 0.15) is 11.6 Å². The van der Waals surface area contributed by atoms with Crippen molar-refractivity contribution in [2.24, 2.45) is 0 Å². The van der Waals surface area contributed by atoms with E-state index < -0.39 is 0 Å². The largest absolute Gasteiger partial charge is 0.493 e. The van der Waals surface area contributed by atoms with E-state index in [1.807, 2.05) is 6.07 Å². The highest BCUT2D eigenvalue weighted by Crippen LogP contribution is 2.21. The molecule has 1 amide bonds. The summed E-state index contributed by atoms with van der Waals surface area (Å²) < 4.78 is 19.0. The van der Waals surface area contributed by atoms with E-state index in [2.05, 4.69) is 5.32 Å². The van der Waals surface area contributed by atoms with Gasteiger partial charge in [-0.2, -0.15) is 0 Å². The first-order valence-electron chi connectivity index (χ1n) is 6.53. The third-order valence-electron chi connectivity index (χ3n) is 2.62. The SMILES string of the molecule is CC(=O)Nc1ccc(OCCSc2ccccc2F)cc1. The molecular formula is C16H16FNO2S. The van der Waals surface area contributed by atoms with Gasteiger partial charge in [-0.25, -0.2) is 4.39 Å². The standard InChI is InChI=1S/C16H16FNO2S/c1-12(19)18-13-6-8-14(9-7-13)20-10-11-21-16-5-3-2-4-15(16)17/h2-9H,10-11H2,1H3,(H,18,19). The predicted octanol–water partition coefficient (Wildman–Crippen LogP) is 3.96. The summed E-state index contributed by atoms with van der Waals surface area (Å²) in [5.41, 5.74) is 0.732. The van der Waals surface area contributed by atoms with Crippen LogP contribution in [0.15, 0.2) is 53.4 Å². The van der Waals surface area contributed by atoms with Gasteiger partial charge in [0.25, 0.3) is 0 Å². The Morgan fingerprint density at radius 1 is 1.19 bits per heavy atom. The topological polar surface area (TPSA) is 38.3 Å². The normalized spacial score (nSPS) is 10.2. The van der Waals surface area contributed by atoms with Crippen molar-refractivity contribution in [2.45, 2.75) is 11.8 Å². The minimum absolute atomic E-state index is 0.107. The van der Waals surface area contributed by atoms with Crippen molar-refractivity contribution in [2.75, 3.05) is 17.7 Å². The molecule has 0 radical (unpaired) electrons. The van der Waals surface area contributed by atoms with E-state index in [4.69, 9.17) is 4.74 Å². The van der Waals surface area contributed by atoms with Crippen LogP contribution in [0.1, 0.15) is 6.92 Å². The molecule has 5 heteroatoms. The zero-order valence-corrected chi connectivity index (χ0v) is 12.5. The van der Waals surface area contributed by atoms with Crippen molar-refractivity contribution in [1.82, 2.24) is 0 Å². The number of benzene rings is 2. The maximum absolute atomic E-state index is 13.4. The molecule has 0 heterocycles. The molecule has 3 nitrogen and oxygen atoms in total. The fraction of sp³-hybridized carbons (Fsp3) is 0.188. The zero-order valence-electron chi connectivity index (χ0n) is 11.6. The van der Waals surface area contributed by atoms with Gasteiger partial charge >= 0.3 is 0 Å². The van der Waals surface area contributed by atoms with Crippen LogP contribution in [0.3, 0.4) is 0 Å². The number of nitrogens with one attached hydrogen (secondary N) is 1. The van der Waals surface area contributed by atoms with Gasteiger partial charge in [0.15, 0.2) is 0 Å². The summed E-state index contributed by atoms with van der Waals surface area (Å²) in [7, 11) is 0. The second-order valence-corrected chi connectivity index (χ2v) is 5.47. The molecule has 1 N–H and O–H groups in total. The lowest BCUT2D eigenvalue weighted by Gasteiger charge is -2.08. The number of amides is 1. The van der Waals surface area contributed by atoms with E-state index in [0.717, 1.165) is 11.4 Å². The average Bonchev–Trinajstić information content (AvgIpc) is 2.46. The van der Waals surface area contributed by atoms with Gasteiger partial charge in [-0.3, -0.25) is 4.79 Å². The molecule has 0 aliphatic carbocycles. The van der Waals surface area contributed by atoms with Gasteiger partial charge < -0.3 is 10.1 Å². The van der Waals surface area contributed by atoms with Gasteiger partial charge in [0.05, 0.1) is 6.61 Å². The van der Waals surface area contributed by atoms with Crippen LogP contribution in [0.4, 0.5) is 10.1 Å². The number of rotatable bonds is 6. The molecule has 0 fully saturated rings. The van der Waals surface area contributed by atoms with Crippen LogP contribution in [-0.4, -0.2) is 18.3 Å². The van der Waals surface area contributed by atoms with E-state index in [9.17, 15) is 9.18 Å². The number of carbonyl (C=O) groups excluding carboxylic acids is 1.